The van der Waals surface area contributed by atoms with Gasteiger partial charge in [0.2, 0.25) is 5.95 Å². The van der Waals surface area contributed by atoms with Gasteiger partial charge in [0.25, 0.3) is 5.56 Å². The number of rotatable bonds is 6. The number of nitrogens with zero attached hydrogens (tertiary/aromatic N) is 3. The van der Waals surface area contributed by atoms with E-state index in [0.29, 0.717) is 6.04 Å². The van der Waals surface area contributed by atoms with E-state index in [2.05, 4.69) is 37.3 Å². The van der Waals surface area contributed by atoms with Gasteiger partial charge in [-0.05, 0) is 57.4 Å². The monoisotopic (exact) mass is 439 g/mol. The molecule has 1 fully saturated rings. The molecule has 1 saturated heterocycles. The van der Waals surface area contributed by atoms with Crippen molar-refractivity contribution in [3.05, 3.63) is 62.6 Å². The van der Waals surface area contributed by atoms with Gasteiger partial charge in [-0.1, -0.05) is 14.4 Å². The van der Waals surface area contributed by atoms with Gasteiger partial charge in [0, 0.05) is 64.1 Å². The van der Waals surface area contributed by atoms with Gasteiger partial charge in [-0.25, -0.2) is 9.97 Å². The molecule has 0 spiro atoms. The van der Waals surface area contributed by atoms with Gasteiger partial charge in [0.1, 0.15) is 0 Å². The smallest absolute Gasteiger partial charge is 0.251 e. The second-order valence-corrected chi connectivity index (χ2v) is 9.09. The SMILES string of the molecule is C.CCc1cc(-c2ccc(CNC3CCN(c4nccc(C)n4)CC3)s2)c(C)[nH]c1=O. The van der Waals surface area contributed by atoms with Crippen LogP contribution in [0.5, 0.6) is 0 Å². The average molecular weight is 440 g/mol. The molecule has 0 atom stereocenters. The van der Waals surface area contributed by atoms with Crippen molar-refractivity contribution in [3.8, 4) is 10.4 Å². The van der Waals surface area contributed by atoms with E-state index >= 15 is 0 Å². The molecule has 0 aliphatic carbocycles. The molecule has 1 aliphatic heterocycles. The van der Waals surface area contributed by atoms with Crippen LogP contribution in [-0.4, -0.2) is 34.1 Å². The van der Waals surface area contributed by atoms with E-state index in [-0.39, 0.29) is 13.0 Å². The second-order valence-electron chi connectivity index (χ2n) is 7.92. The molecular formula is C24H33N5OS. The van der Waals surface area contributed by atoms with Crippen molar-refractivity contribution in [2.75, 3.05) is 18.0 Å². The maximum Gasteiger partial charge on any atom is 0.251 e. The number of aromatic nitrogens is 3. The van der Waals surface area contributed by atoms with Crippen LogP contribution in [-0.2, 0) is 13.0 Å². The first-order chi connectivity index (χ1) is 14.5. The number of H-pyrrole nitrogens is 1. The number of anilines is 1. The van der Waals surface area contributed by atoms with E-state index in [4.69, 9.17) is 0 Å². The molecule has 0 bridgehead atoms. The summed E-state index contributed by atoms with van der Waals surface area (Å²) in [6, 6.07) is 8.85. The van der Waals surface area contributed by atoms with Crippen LogP contribution in [0.25, 0.3) is 10.4 Å². The standard InChI is InChI=1S/C23H29N5OS.CH4/c1-4-17-13-20(16(3)27-22(17)29)21-6-5-19(30-21)14-25-18-8-11-28(12-9-18)23-24-10-7-15(2)26-23;/h5-7,10,13,18,25H,4,8-9,11-12,14H2,1-3H3,(H,27,29);1H4. The molecule has 0 radical (unpaired) electrons. The maximum absolute atomic E-state index is 12.0. The van der Waals surface area contributed by atoms with Crippen LogP contribution in [0.15, 0.2) is 35.3 Å². The number of piperidine rings is 1. The Hall–Kier alpha value is -2.51. The van der Waals surface area contributed by atoms with Crippen molar-refractivity contribution in [1.29, 1.82) is 0 Å². The van der Waals surface area contributed by atoms with Gasteiger partial charge in [-0.3, -0.25) is 4.79 Å². The molecular weight excluding hydrogens is 406 g/mol. The minimum atomic E-state index is 0. The summed E-state index contributed by atoms with van der Waals surface area (Å²) in [5.74, 6) is 0.846. The first-order valence-electron chi connectivity index (χ1n) is 10.6. The van der Waals surface area contributed by atoms with Crippen LogP contribution in [0.2, 0.25) is 0 Å². The third-order valence-electron chi connectivity index (χ3n) is 5.75. The number of hydrogen-bond donors (Lipinski definition) is 2. The molecule has 0 aromatic carbocycles. The molecule has 4 heterocycles. The van der Waals surface area contributed by atoms with Crippen molar-refractivity contribution >= 4 is 17.3 Å². The van der Waals surface area contributed by atoms with Crippen molar-refractivity contribution < 1.29 is 0 Å². The number of nitrogens with one attached hydrogen (secondary N) is 2. The molecule has 0 saturated carbocycles. The quantitative estimate of drug-likeness (QED) is 0.593. The fourth-order valence-electron chi connectivity index (χ4n) is 3.92. The summed E-state index contributed by atoms with van der Waals surface area (Å²) in [6.07, 6.45) is 4.77. The van der Waals surface area contributed by atoms with Gasteiger partial charge < -0.3 is 15.2 Å². The zero-order valence-electron chi connectivity index (χ0n) is 17.9. The summed E-state index contributed by atoms with van der Waals surface area (Å²) < 4.78 is 0. The van der Waals surface area contributed by atoms with Crippen LogP contribution in [0, 0.1) is 13.8 Å². The number of thiophene rings is 1. The highest BCUT2D eigenvalue weighted by Gasteiger charge is 2.21. The lowest BCUT2D eigenvalue weighted by Crippen LogP contribution is -2.42. The third-order valence-corrected chi connectivity index (χ3v) is 6.87. The Kier molecular flexibility index (Phi) is 7.62. The Labute approximate surface area is 188 Å². The first kappa shape index (κ1) is 23.2. The summed E-state index contributed by atoms with van der Waals surface area (Å²) >= 11 is 1.80. The number of hydrogen-bond acceptors (Lipinski definition) is 6. The molecule has 7 heteroatoms. The highest BCUT2D eigenvalue weighted by Crippen LogP contribution is 2.30. The van der Waals surface area contributed by atoms with Crippen molar-refractivity contribution in [3.63, 3.8) is 0 Å². The molecule has 0 unspecified atom stereocenters. The van der Waals surface area contributed by atoms with Gasteiger partial charge in [-0.2, -0.15) is 0 Å². The van der Waals surface area contributed by atoms with Crippen molar-refractivity contribution in [2.24, 2.45) is 0 Å². The van der Waals surface area contributed by atoms with Crippen molar-refractivity contribution in [2.45, 2.75) is 60.0 Å². The lowest BCUT2D eigenvalue weighted by atomic mass is 10.1. The summed E-state index contributed by atoms with van der Waals surface area (Å²) in [5.41, 5.74) is 3.95. The lowest BCUT2D eigenvalue weighted by Gasteiger charge is -2.32. The predicted molar refractivity (Wildman–Crippen MR) is 130 cm³/mol. The highest BCUT2D eigenvalue weighted by atomic mass is 32.1. The number of aryl methyl sites for hydroxylation is 3. The van der Waals surface area contributed by atoms with Crippen LogP contribution < -0.4 is 15.8 Å². The van der Waals surface area contributed by atoms with Gasteiger partial charge >= 0.3 is 0 Å². The largest absolute Gasteiger partial charge is 0.341 e. The van der Waals surface area contributed by atoms with Crippen LogP contribution in [0.1, 0.15) is 49.0 Å². The molecule has 0 amide bonds. The van der Waals surface area contributed by atoms with Crippen LogP contribution in [0.3, 0.4) is 0 Å². The molecule has 3 aromatic rings. The van der Waals surface area contributed by atoms with Gasteiger partial charge in [-0.15, -0.1) is 11.3 Å². The predicted octanol–water partition coefficient (Wildman–Crippen LogP) is 4.47. The topological polar surface area (TPSA) is 73.9 Å². The molecule has 4 rings (SSSR count). The Balaban J connectivity index is 0.00000272. The van der Waals surface area contributed by atoms with Crippen molar-refractivity contribution in [1.82, 2.24) is 20.3 Å². The molecule has 166 valence electrons. The summed E-state index contributed by atoms with van der Waals surface area (Å²) in [5, 5.41) is 3.72. The molecule has 1 aliphatic rings. The minimum Gasteiger partial charge on any atom is -0.341 e. The van der Waals surface area contributed by atoms with Crippen LogP contribution >= 0.6 is 11.3 Å². The Morgan fingerprint density at radius 3 is 2.71 bits per heavy atom. The van der Waals surface area contributed by atoms with Gasteiger partial charge in [0.05, 0.1) is 0 Å². The van der Waals surface area contributed by atoms with E-state index < -0.39 is 0 Å². The molecule has 6 nitrogen and oxygen atoms in total. The van der Waals surface area contributed by atoms with Gasteiger partial charge in [0.15, 0.2) is 0 Å². The van der Waals surface area contributed by atoms with E-state index in [1.807, 2.05) is 39.1 Å². The fourth-order valence-corrected chi connectivity index (χ4v) is 4.95. The molecule has 3 aromatic heterocycles. The highest BCUT2D eigenvalue weighted by molar-refractivity contribution is 7.15. The summed E-state index contributed by atoms with van der Waals surface area (Å²) in [4.78, 5) is 28.7. The third kappa shape index (κ3) is 5.40. The second kappa shape index (κ2) is 10.2. The molecule has 2 N–H and O–H groups in total. The fraction of sp³-hybridized carbons (Fsp3) is 0.458. The average Bonchev–Trinajstić information content (AvgIpc) is 3.21. The van der Waals surface area contributed by atoms with E-state index in [1.165, 1.54) is 9.75 Å². The Morgan fingerprint density at radius 1 is 1.23 bits per heavy atom. The lowest BCUT2D eigenvalue weighted by molar-refractivity contribution is 0.412. The minimum absolute atomic E-state index is 0. The summed E-state index contributed by atoms with van der Waals surface area (Å²) in [6.45, 7) is 8.83. The number of pyridine rings is 1. The van der Waals surface area contributed by atoms with Crippen LogP contribution in [0.4, 0.5) is 5.95 Å². The Bertz CT molecular complexity index is 1070. The maximum atomic E-state index is 12.0. The first-order valence-corrected chi connectivity index (χ1v) is 11.4. The zero-order chi connectivity index (χ0) is 21.1. The van der Waals surface area contributed by atoms with E-state index in [1.54, 1.807) is 11.3 Å². The molecule has 31 heavy (non-hydrogen) atoms. The normalized spacial score (nSPS) is 14.5. The van der Waals surface area contributed by atoms with E-state index in [9.17, 15) is 4.79 Å². The zero-order valence-corrected chi connectivity index (χ0v) is 18.7. The summed E-state index contributed by atoms with van der Waals surface area (Å²) in [7, 11) is 0. The Morgan fingerprint density at radius 2 is 2.00 bits per heavy atom. The van der Waals surface area contributed by atoms with E-state index in [0.717, 1.165) is 67.4 Å². The number of aromatic amines is 1.